The van der Waals surface area contributed by atoms with Crippen LogP contribution in [0.2, 0.25) is 0 Å². The SMILES string of the molecule is CCCc1nccn1Cc1ccc(C(C)CNC)cc1. The van der Waals surface area contributed by atoms with Crippen LogP contribution in [0.1, 0.15) is 43.1 Å². The van der Waals surface area contributed by atoms with E-state index < -0.39 is 0 Å². The molecule has 1 unspecified atom stereocenters. The van der Waals surface area contributed by atoms with E-state index in [-0.39, 0.29) is 0 Å². The maximum absolute atomic E-state index is 4.43. The van der Waals surface area contributed by atoms with Crippen molar-refractivity contribution in [3.63, 3.8) is 0 Å². The molecule has 3 nitrogen and oxygen atoms in total. The molecule has 0 radical (unpaired) electrons. The minimum absolute atomic E-state index is 0.554. The molecule has 3 heteroatoms. The Morgan fingerprint density at radius 3 is 2.65 bits per heavy atom. The van der Waals surface area contributed by atoms with E-state index in [4.69, 9.17) is 0 Å². The standard InChI is InChI=1S/C17H25N3/c1-4-5-17-19-10-11-20(17)13-15-6-8-16(9-7-15)14(2)12-18-3/h6-11,14,18H,4-5,12-13H2,1-3H3. The van der Waals surface area contributed by atoms with Crippen molar-refractivity contribution >= 4 is 0 Å². The van der Waals surface area contributed by atoms with Gasteiger partial charge in [-0.25, -0.2) is 4.98 Å². The topological polar surface area (TPSA) is 29.9 Å². The highest BCUT2D eigenvalue weighted by atomic mass is 15.1. The summed E-state index contributed by atoms with van der Waals surface area (Å²) in [5.41, 5.74) is 2.73. The second-order valence-corrected chi connectivity index (χ2v) is 5.42. The van der Waals surface area contributed by atoms with Crippen molar-refractivity contribution in [3.8, 4) is 0 Å². The number of nitrogens with one attached hydrogen (secondary N) is 1. The van der Waals surface area contributed by atoms with Crippen LogP contribution in [0.25, 0.3) is 0 Å². The van der Waals surface area contributed by atoms with Crippen LogP contribution in [0.5, 0.6) is 0 Å². The zero-order chi connectivity index (χ0) is 14.4. The third kappa shape index (κ3) is 3.70. The molecule has 1 aromatic heterocycles. The molecule has 0 aliphatic rings. The summed E-state index contributed by atoms with van der Waals surface area (Å²) in [7, 11) is 2.00. The summed E-state index contributed by atoms with van der Waals surface area (Å²) in [6.45, 7) is 6.37. The first-order valence-electron chi connectivity index (χ1n) is 7.48. The molecule has 1 atom stereocenters. The van der Waals surface area contributed by atoms with Gasteiger partial charge in [-0.3, -0.25) is 0 Å². The van der Waals surface area contributed by atoms with Crippen molar-refractivity contribution in [2.24, 2.45) is 0 Å². The number of aromatic nitrogens is 2. The lowest BCUT2D eigenvalue weighted by atomic mass is 10.00. The van der Waals surface area contributed by atoms with Gasteiger partial charge < -0.3 is 9.88 Å². The minimum atomic E-state index is 0.554. The van der Waals surface area contributed by atoms with Gasteiger partial charge in [0, 0.05) is 31.9 Å². The van der Waals surface area contributed by atoms with Gasteiger partial charge in [0.25, 0.3) is 0 Å². The Morgan fingerprint density at radius 1 is 1.25 bits per heavy atom. The maximum Gasteiger partial charge on any atom is 0.108 e. The molecular formula is C17H25N3. The molecule has 0 aliphatic heterocycles. The summed E-state index contributed by atoms with van der Waals surface area (Å²) in [6, 6.07) is 8.95. The highest BCUT2D eigenvalue weighted by Crippen LogP contribution is 2.16. The van der Waals surface area contributed by atoms with Crippen LogP contribution in [0.15, 0.2) is 36.7 Å². The zero-order valence-electron chi connectivity index (χ0n) is 12.8. The molecule has 0 aliphatic carbocycles. The van der Waals surface area contributed by atoms with Gasteiger partial charge in [0.1, 0.15) is 5.82 Å². The lowest BCUT2D eigenvalue weighted by Gasteiger charge is -2.12. The Kier molecular flexibility index (Phi) is 5.36. The fourth-order valence-corrected chi connectivity index (χ4v) is 2.51. The van der Waals surface area contributed by atoms with Crippen molar-refractivity contribution in [3.05, 3.63) is 53.6 Å². The number of aryl methyl sites for hydroxylation is 1. The number of nitrogens with zero attached hydrogens (tertiary/aromatic N) is 2. The van der Waals surface area contributed by atoms with E-state index in [1.165, 1.54) is 17.0 Å². The molecule has 2 aromatic rings. The van der Waals surface area contributed by atoms with E-state index in [0.29, 0.717) is 5.92 Å². The van der Waals surface area contributed by atoms with Crippen LogP contribution >= 0.6 is 0 Å². The number of hydrogen-bond acceptors (Lipinski definition) is 2. The molecule has 0 bridgehead atoms. The van der Waals surface area contributed by atoms with E-state index in [9.17, 15) is 0 Å². The third-order valence-electron chi connectivity index (χ3n) is 3.69. The van der Waals surface area contributed by atoms with Gasteiger partial charge in [-0.1, -0.05) is 38.1 Å². The molecule has 20 heavy (non-hydrogen) atoms. The van der Waals surface area contributed by atoms with Gasteiger partial charge in [-0.15, -0.1) is 0 Å². The highest BCUT2D eigenvalue weighted by Gasteiger charge is 2.05. The first-order chi connectivity index (χ1) is 9.74. The van der Waals surface area contributed by atoms with E-state index in [0.717, 1.165) is 25.9 Å². The Bertz CT molecular complexity index is 513. The molecule has 1 heterocycles. The molecule has 0 amide bonds. The van der Waals surface area contributed by atoms with Gasteiger partial charge >= 0.3 is 0 Å². The van der Waals surface area contributed by atoms with Gasteiger partial charge in [-0.05, 0) is 30.5 Å². The molecule has 0 spiro atoms. The summed E-state index contributed by atoms with van der Waals surface area (Å²) >= 11 is 0. The van der Waals surface area contributed by atoms with Crippen LogP contribution in [0.4, 0.5) is 0 Å². The van der Waals surface area contributed by atoms with Gasteiger partial charge in [-0.2, -0.15) is 0 Å². The fourth-order valence-electron chi connectivity index (χ4n) is 2.51. The first kappa shape index (κ1) is 14.8. The number of likely N-dealkylation sites (N-methyl/N-ethyl adjacent to an activating group) is 1. The summed E-state index contributed by atoms with van der Waals surface area (Å²) < 4.78 is 2.25. The molecule has 0 saturated heterocycles. The average molecular weight is 271 g/mol. The van der Waals surface area contributed by atoms with Crippen LogP contribution in [-0.4, -0.2) is 23.1 Å². The summed E-state index contributed by atoms with van der Waals surface area (Å²) in [6.07, 6.45) is 6.15. The van der Waals surface area contributed by atoms with Crippen molar-refractivity contribution < 1.29 is 0 Å². The van der Waals surface area contributed by atoms with Crippen molar-refractivity contribution in [1.29, 1.82) is 0 Å². The van der Waals surface area contributed by atoms with Gasteiger partial charge in [0.2, 0.25) is 0 Å². The van der Waals surface area contributed by atoms with Crippen LogP contribution < -0.4 is 5.32 Å². The smallest absolute Gasteiger partial charge is 0.108 e. The summed E-state index contributed by atoms with van der Waals surface area (Å²) in [5.74, 6) is 1.73. The highest BCUT2D eigenvalue weighted by molar-refractivity contribution is 5.25. The van der Waals surface area contributed by atoms with Crippen molar-refractivity contribution in [2.75, 3.05) is 13.6 Å². The number of hydrogen-bond donors (Lipinski definition) is 1. The summed E-state index contributed by atoms with van der Waals surface area (Å²) in [4.78, 5) is 4.43. The molecule has 1 aromatic carbocycles. The minimum Gasteiger partial charge on any atom is -0.331 e. The predicted molar refractivity (Wildman–Crippen MR) is 84.1 cm³/mol. The van der Waals surface area contributed by atoms with E-state index >= 15 is 0 Å². The largest absolute Gasteiger partial charge is 0.331 e. The molecule has 0 fully saturated rings. The summed E-state index contributed by atoms with van der Waals surface area (Å²) in [5, 5.41) is 3.23. The first-order valence-corrected chi connectivity index (χ1v) is 7.48. The molecule has 1 N–H and O–H groups in total. The molecular weight excluding hydrogens is 246 g/mol. The monoisotopic (exact) mass is 271 g/mol. The lowest BCUT2D eigenvalue weighted by molar-refractivity contribution is 0.676. The lowest BCUT2D eigenvalue weighted by Crippen LogP contribution is -2.14. The number of imidazole rings is 1. The average Bonchev–Trinajstić information content (AvgIpc) is 2.88. The van der Waals surface area contributed by atoms with Crippen LogP contribution in [0, 0.1) is 0 Å². The van der Waals surface area contributed by atoms with Gasteiger partial charge in [0.05, 0.1) is 0 Å². The number of rotatable bonds is 7. The zero-order valence-corrected chi connectivity index (χ0v) is 12.8. The van der Waals surface area contributed by atoms with E-state index in [2.05, 4.69) is 59.2 Å². The Balaban J connectivity index is 2.05. The Hall–Kier alpha value is -1.61. The molecule has 2 rings (SSSR count). The number of benzene rings is 1. The maximum atomic E-state index is 4.43. The van der Waals surface area contributed by atoms with E-state index in [1.54, 1.807) is 0 Å². The van der Waals surface area contributed by atoms with Crippen molar-refractivity contribution in [2.45, 2.75) is 39.2 Å². The fraction of sp³-hybridized carbons (Fsp3) is 0.471. The van der Waals surface area contributed by atoms with Gasteiger partial charge in [0.15, 0.2) is 0 Å². The van der Waals surface area contributed by atoms with Crippen molar-refractivity contribution in [1.82, 2.24) is 14.9 Å². The normalized spacial score (nSPS) is 12.6. The van der Waals surface area contributed by atoms with E-state index in [1.807, 2.05) is 13.2 Å². The Labute approximate surface area is 122 Å². The van der Waals surface area contributed by atoms with Crippen LogP contribution in [-0.2, 0) is 13.0 Å². The Morgan fingerprint density at radius 2 is 2.00 bits per heavy atom. The third-order valence-corrected chi connectivity index (χ3v) is 3.69. The second-order valence-electron chi connectivity index (χ2n) is 5.42. The molecule has 108 valence electrons. The predicted octanol–water partition coefficient (Wildman–Crippen LogP) is 3.21. The second kappa shape index (κ2) is 7.25. The molecule has 0 saturated carbocycles. The van der Waals surface area contributed by atoms with Crippen LogP contribution in [0.3, 0.4) is 0 Å². The quantitative estimate of drug-likeness (QED) is 0.838.